The molecule has 0 aromatic rings. The summed E-state index contributed by atoms with van der Waals surface area (Å²) in [4.78, 5) is 0. The third-order valence-corrected chi connectivity index (χ3v) is 0. The first-order chi connectivity index (χ1) is 0. The Kier molecular flexibility index (Phi) is 232. The van der Waals surface area contributed by atoms with E-state index in [0.29, 0.717) is 0 Å². The molecule has 7 heavy (non-hydrogen) atoms. The Bertz CT molecular complexity index is 0. The van der Waals surface area contributed by atoms with Crippen molar-refractivity contribution in [2.75, 3.05) is 0 Å². The largest absolute Gasteiger partial charge is 0 e. The third kappa shape index (κ3) is 31.3. The first kappa shape index (κ1) is 44.7. The van der Waals surface area contributed by atoms with E-state index >= 15 is 0 Å². The second kappa shape index (κ2) is 36.4. The van der Waals surface area contributed by atoms with Crippen molar-refractivity contribution in [2.45, 2.75) is 0 Å². The minimum atomic E-state index is 0. The summed E-state index contributed by atoms with van der Waals surface area (Å²) in [5.41, 5.74) is 0. The maximum atomic E-state index is 0. The molecule has 0 saturated carbocycles. The van der Waals surface area contributed by atoms with Gasteiger partial charge < -0.3 is 0 Å². The van der Waals surface area contributed by atoms with Crippen LogP contribution in [0, 0.1) is 264 Å². The molecule has 0 aliphatic rings. The van der Waals surface area contributed by atoms with Crippen molar-refractivity contribution in [3.05, 3.63) is 0 Å². The Morgan fingerprint density at radius 1 is 0.143 bits per heavy atom. The molecule has 0 bridgehead atoms. The Labute approximate surface area is 254 Å². The monoisotopic (exact) mass is 280 g/mol. The third-order valence-electron chi connectivity index (χ3n) is 0. The summed E-state index contributed by atoms with van der Waals surface area (Å²) in [6.45, 7) is 0. The smallest absolute Gasteiger partial charge is 0 e. The summed E-state index contributed by atoms with van der Waals surface area (Å²) in [6, 6.07) is 0. The van der Waals surface area contributed by atoms with Crippen LogP contribution in [0.25, 0.3) is 0 Å². The Morgan fingerprint density at radius 3 is 0.143 bits per heavy atom. The van der Waals surface area contributed by atoms with E-state index in [9.17, 15) is 0 Å². The molecular weight excluding hydrogens is 280 g/mol. The molecule has 0 saturated heterocycles. The zero-order valence-corrected chi connectivity index (χ0v) is 7.42. The van der Waals surface area contributed by atoms with Crippen molar-refractivity contribution in [3.63, 3.8) is 0 Å². The van der Waals surface area contributed by atoms with Crippen molar-refractivity contribution < 1.29 is 264 Å². The summed E-state index contributed by atoms with van der Waals surface area (Å²) in [6.07, 6.45) is 0. The fourth-order valence-electron chi connectivity index (χ4n) is 0. The van der Waals surface area contributed by atoms with Crippen molar-refractivity contribution in [2.24, 2.45) is 0 Å². The number of rotatable bonds is 0. The van der Waals surface area contributed by atoms with Crippen LogP contribution in [0.1, 0.15) is 0 Å². The summed E-state index contributed by atoms with van der Waals surface area (Å²) in [5, 5.41) is 0. The second-order valence-corrected chi connectivity index (χ2v) is 0. The van der Waals surface area contributed by atoms with Gasteiger partial charge in [-0.1, -0.05) is 0 Å². The summed E-state index contributed by atoms with van der Waals surface area (Å²) in [7, 11) is 0. The molecule has 0 spiro atoms. The molecule has 0 aromatic heterocycles. The fraction of sp³-hybridized carbons (Fsp3) is 0. The molecule has 0 radical (unpaired) electrons. The minimum Gasteiger partial charge on any atom is 0 e. The van der Waals surface area contributed by atoms with Crippen molar-refractivity contribution in [1.29, 1.82) is 0 Å². The number of hydrogen-bond acceptors (Lipinski definition) is 0. The van der Waals surface area contributed by atoms with Crippen molar-refractivity contribution in [1.82, 2.24) is 0 Å². The zero-order valence-electron chi connectivity index (χ0n) is 2.47. The molecule has 0 aliphatic heterocycles. The van der Waals surface area contributed by atoms with Crippen LogP contribution in [-0.2, 0) is 0 Å². The molecule has 0 N–H and O–H groups in total. The topological polar surface area (TPSA) is 0 Å². The SMILES string of the molecule is [Ar].[Ar].[Ar].[Ar].[Ar].[Ar].[Ar]. The van der Waals surface area contributed by atoms with Gasteiger partial charge in [-0.05, 0) is 0 Å². The van der Waals surface area contributed by atoms with Crippen molar-refractivity contribution in [3.8, 4) is 0 Å². The molecule has 56 valence electrons. The molecule has 0 aliphatic carbocycles. The van der Waals surface area contributed by atoms with E-state index in [0.717, 1.165) is 0 Å². The maximum absolute atomic E-state index is 0. The van der Waals surface area contributed by atoms with Gasteiger partial charge in [0.15, 0.2) is 0 Å². The van der Waals surface area contributed by atoms with E-state index in [1.165, 1.54) is 0 Å². The fourth-order valence-corrected chi connectivity index (χ4v) is 0. The summed E-state index contributed by atoms with van der Waals surface area (Å²) < 4.78 is 0. The van der Waals surface area contributed by atoms with Gasteiger partial charge >= 0.3 is 0 Å². The standard InChI is InChI=1S/7Ar. The average molecular weight is 280 g/mol. The van der Waals surface area contributed by atoms with E-state index in [2.05, 4.69) is 0 Å². The zero-order chi connectivity index (χ0) is 0. The van der Waals surface area contributed by atoms with Crippen LogP contribution in [-0.4, -0.2) is 0 Å². The molecule has 0 atom stereocenters. The van der Waals surface area contributed by atoms with Gasteiger partial charge in [-0.25, -0.2) is 0 Å². The minimum absolute atomic E-state index is 0. The van der Waals surface area contributed by atoms with E-state index in [1.54, 1.807) is 0 Å². The Hall–Kier alpha value is 8.82. The quantitative estimate of drug-likeness (QED) is 0.586. The predicted molar refractivity (Wildman–Crippen MR) is 0 cm³/mol. The second-order valence-electron chi connectivity index (χ2n) is 0. The van der Waals surface area contributed by atoms with Crippen LogP contribution >= 0.6 is 0 Å². The Balaban J connectivity index is 0. The van der Waals surface area contributed by atoms with Gasteiger partial charge in [-0.2, -0.15) is 0 Å². The van der Waals surface area contributed by atoms with Crippen molar-refractivity contribution >= 4 is 0 Å². The molecular formula is Ar7. The molecule has 0 nitrogen and oxygen atoms in total. The first-order valence-corrected chi connectivity index (χ1v) is 0. The predicted octanol–water partition coefficient (Wildman–Crippen LogP) is 0. The van der Waals surface area contributed by atoms with Gasteiger partial charge in [0.2, 0.25) is 0 Å². The first-order valence-electron chi connectivity index (χ1n) is 0. The molecule has 7 heteroatoms. The van der Waals surface area contributed by atoms with Crippen LogP contribution in [0.5, 0.6) is 0 Å². The Morgan fingerprint density at radius 2 is 0.143 bits per heavy atom. The maximum Gasteiger partial charge on any atom is 0 e. The normalized spacial score (nSPS) is 0. The van der Waals surface area contributed by atoms with Crippen LogP contribution in [0.15, 0.2) is 0 Å². The van der Waals surface area contributed by atoms with Gasteiger partial charge in [-0.15, -0.1) is 0 Å². The molecule has 0 amide bonds. The van der Waals surface area contributed by atoms with Crippen LogP contribution in [0.2, 0.25) is 0 Å². The average Bonchev–Trinajstić information content (AvgIpc) is 0. The summed E-state index contributed by atoms with van der Waals surface area (Å²) >= 11 is 0. The van der Waals surface area contributed by atoms with Gasteiger partial charge in [0.1, 0.15) is 0 Å². The molecule has 0 aromatic carbocycles. The molecule has 0 fully saturated rings. The van der Waals surface area contributed by atoms with E-state index in [4.69, 9.17) is 0 Å². The molecule has 0 unspecified atom stereocenters. The van der Waals surface area contributed by atoms with Gasteiger partial charge in [0.05, 0.1) is 0 Å². The van der Waals surface area contributed by atoms with E-state index in [1.807, 2.05) is 0 Å². The molecule has 0 heterocycles. The van der Waals surface area contributed by atoms with Crippen LogP contribution < -0.4 is 0 Å². The molecule has 0 rings (SSSR count). The number of hydrogen-bond donors (Lipinski definition) is 0. The van der Waals surface area contributed by atoms with E-state index < -0.39 is 0 Å². The van der Waals surface area contributed by atoms with Gasteiger partial charge in [0.25, 0.3) is 0 Å². The van der Waals surface area contributed by atoms with E-state index in [-0.39, 0.29) is 264 Å². The van der Waals surface area contributed by atoms with Crippen LogP contribution in [0.4, 0.5) is 0 Å². The van der Waals surface area contributed by atoms with Crippen LogP contribution in [0.3, 0.4) is 0 Å². The summed E-state index contributed by atoms with van der Waals surface area (Å²) in [5.74, 6) is 0. The van der Waals surface area contributed by atoms with Gasteiger partial charge in [-0.3, -0.25) is 0 Å². The van der Waals surface area contributed by atoms with Gasteiger partial charge in [0, 0.05) is 264 Å².